The molecule has 136 valence electrons. The normalized spacial score (nSPS) is 14.7. The zero-order valence-corrected chi connectivity index (χ0v) is 15.0. The summed E-state index contributed by atoms with van der Waals surface area (Å²) < 4.78 is 5.90. The Morgan fingerprint density at radius 2 is 1.85 bits per heavy atom. The first-order valence-electron chi connectivity index (χ1n) is 9.03. The Hall–Kier alpha value is -2.82. The first kappa shape index (κ1) is 18.0. The highest BCUT2D eigenvalue weighted by Crippen LogP contribution is 2.29. The number of likely N-dealkylation sites (tertiary alicyclic amines) is 1. The van der Waals surface area contributed by atoms with Gasteiger partial charge in [-0.1, -0.05) is 36.2 Å². The van der Waals surface area contributed by atoms with Crippen molar-refractivity contribution in [1.82, 2.24) is 4.90 Å². The lowest BCUT2D eigenvalue weighted by Crippen LogP contribution is -2.37. The van der Waals surface area contributed by atoms with Crippen molar-refractivity contribution in [3.63, 3.8) is 0 Å². The molecule has 1 aliphatic heterocycles. The predicted octanol–water partition coefficient (Wildman–Crippen LogP) is 4.13. The van der Waals surface area contributed by atoms with Crippen LogP contribution in [0.4, 0.5) is 5.69 Å². The number of aryl methyl sites for hydroxylation is 1. The Morgan fingerprint density at radius 3 is 2.65 bits per heavy atom. The number of carbonyl (C=O) groups is 2. The second-order valence-corrected chi connectivity index (χ2v) is 6.59. The van der Waals surface area contributed by atoms with E-state index in [0.717, 1.165) is 24.8 Å². The van der Waals surface area contributed by atoms with E-state index in [9.17, 15) is 9.59 Å². The Labute approximate surface area is 154 Å². The quantitative estimate of drug-likeness (QED) is 0.880. The average Bonchev–Trinajstić information content (AvgIpc) is 2.83. The number of anilines is 1. The summed E-state index contributed by atoms with van der Waals surface area (Å²) in [6.45, 7) is 2.74. The molecule has 0 aromatic heterocycles. The van der Waals surface area contributed by atoms with Gasteiger partial charge in [0, 0.05) is 13.0 Å². The second kappa shape index (κ2) is 8.52. The zero-order chi connectivity index (χ0) is 18.4. The molecule has 0 unspecified atom stereocenters. The fraction of sp³-hybridized carbons (Fsp3) is 0.333. The molecule has 1 aliphatic rings. The predicted molar refractivity (Wildman–Crippen MR) is 101 cm³/mol. The third-order valence-electron chi connectivity index (χ3n) is 4.42. The van der Waals surface area contributed by atoms with Crippen LogP contribution in [0.5, 0.6) is 11.5 Å². The first-order valence-corrected chi connectivity index (χ1v) is 9.03. The second-order valence-electron chi connectivity index (χ2n) is 6.59. The number of nitrogens with one attached hydrogen (secondary N) is 1. The minimum absolute atomic E-state index is 0.0573. The highest BCUT2D eigenvalue weighted by molar-refractivity contribution is 5.95. The molecule has 1 N–H and O–H groups in total. The fourth-order valence-electron chi connectivity index (χ4n) is 2.96. The molecule has 1 fully saturated rings. The van der Waals surface area contributed by atoms with E-state index in [-0.39, 0.29) is 18.4 Å². The van der Waals surface area contributed by atoms with Crippen molar-refractivity contribution in [2.75, 3.05) is 18.4 Å². The molecule has 2 aromatic rings. The van der Waals surface area contributed by atoms with Crippen molar-refractivity contribution < 1.29 is 14.3 Å². The summed E-state index contributed by atoms with van der Waals surface area (Å²) >= 11 is 0. The van der Waals surface area contributed by atoms with Gasteiger partial charge in [-0.25, -0.2) is 0 Å². The van der Waals surface area contributed by atoms with Crippen molar-refractivity contribution in [2.24, 2.45) is 0 Å². The van der Waals surface area contributed by atoms with Crippen LogP contribution in [0.3, 0.4) is 0 Å². The van der Waals surface area contributed by atoms with Crippen LogP contribution in [0, 0.1) is 6.92 Å². The molecular weight excluding hydrogens is 328 g/mol. The monoisotopic (exact) mass is 352 g/mol. The molecule has 0 saturated carbocycles. The Bertz CT molecular complexity index is 771. The summed E-state index contributed by atoms with van der Waals surface area (Å²) in [6, 6.07) is 15.0. The largest absolute Gasteiger partial charge is 0.455 e. The summed E-state index contributed by atoms with van der Waals surface area (Å²) in [7, 11) is 0. The molecule has 1 saturated heterocycles. The van der Waals surface area contributed by atoms with Crippen molar-refractivity contribution in [2.45, 2.75) is 32.6 Å². The number of amides is 2. The van der Waals surface area contributed by atoms with Gasteiger partial charge in [0.1, 0.15) is 5.75 Å². The molecule has 5 nitrogen and oxygen atoms in total. The summed E-state index contributed by atoms with van der Waals surface area (Å²) in [5.41, 5.74) is 1.75. The third-order valence-corrected chi connectivity index (χ3v) is 4.42. The van der Waals surface area contributed by atoms with E-state index in [4.69, 9.17) is 4.74 Å². The Kier molecular flexibility index (Phi) is 5.89. The van der Waals surface area contributed by atoms with E-state index in [1.54, 1.807) is 11.0 Å². The van der Waals surface area contributed by atoms with E-state index >= 15 is 0 Å². The topological polar surface area (TPSA) is 58.6 Å². The number of hydrogen-bond donors (Lipinski definition) is 1. The van der Waals surface area contributed by atoms with Gasteiger partial charge in [0.05, 0.1) is 12.2 Å². The molecule has 0 radical (unpaired) electrons. The number of ether oxygens (including phenoxy) is 1. The number of hydrogen-bond acceptors (Lipinski definition) is 3. The van der Waals surface area contributed by atoms with Crippen LogP contribution in [-0.4, -0.2) is 29.8 Å². The minimum Gasteiger partial charge on any atom is -0.455 e. The van der Waals surface area contributed by atoms with Crippen LogP contribution in [0.1, 0.15) is 31.2 Å². The van der Waals surface area contributed by atoms with Gasteiger partial charge >= 0.3 is 0 Å². The highest BCUT2D eigenvalue weighted by atomic mass is 16.5. The zero-order valence-electron chi connectivity index (χ0n) is 15.0. The van der Waals surface area contributed by atoms with Gasteiger partial charge in [0.2, 0.25) is 11.8 Å². The van der Waals surface area contributed by atoms with Gasteiger partial charge in [-0.15, -0.1) is 0 Å². The maximum Gasteiger partial charge on any atom is 0.244 e. The van der Waals surface area contributed by atoms with Gasteiger partial charge in [-0.05, 0) is 44.0 Å². The average molecular weight is 352 g/mol. The molecule has 0 atom stereocenters. The van der Waals surface area contributed by atoms with E-state index in [0.29, 0.717) is 30.2 Å². The van der Waals surface area contributed by atoms with Gasteiger partial charge in [0.25, 0.3) is 0 Å². The van der Waals surface area contributed by atoms with E-state index < -0.39 is 0 Å². The molecular formula is C21H24N2O3. The molecule has 0 aliphatic carbocycles. The molecule has 3 rings (SSSR count). The van der Waals surface area contributed by atoms with E-state index in [1.807, 2.05) is 49.4 Å². The molecule has 2 aromatic carbocycles. The highest BCUT2D eigenvalue weighted by Gasteiger charge is 2.19. The van der Waals surface area contributed by atoms with Gasteiger partial charge in [-0.3, -0.25) is 9.59 Å². The summed E-state index contributed by atoms with van der Waals surface area (Å²) in [5, 5.41) is 2.87. The van der Waals surface area contributed by atoms with Crippen molar-refractivity contribution >= 4 is 17.5 Å². The number of nitrogens with zero attached hydrogens (tertiary/aromatic N) is 1. The number of benzene rings is 2. The van der Waals surface area contributed by atoms with Gasteiger partial charge in [0.15, 0.2) is 5.75 Å². The lowest BCUT2D eigenvalue weighted by atomic mass is 10.2. The standard InChI is InChI=1S/C21H24N2O3/c1-16-10-12-17(13-11-16)26-19-8-5-4-7-18(19)22-20(24)15-23-14-6-2-3-9-21(23)25/h4-5,7-8,10-13H,2-3,6,9,14-15H2,1H3,(H,22,24). The molecule has 0 bridgehead atoms. The molecule has 2 amide bonds. The van der Waals surface area contributed by atoms with Crippen LogP contribution < -0.4 is 10.1 Å². The molecule has 26 heavy (non-hydrogen) atoms. The smallest absolute Gasteiger partial charge is 0.244 e. The van der Waals surface area contributed by atoms with Crippen LogP contribution in [0.15, 0.2) is 48.5 Å². The van der Waals surface area contributed by atoms with Crippen LogP contribution in [0.2, 0.25) is 0 Å². The molecule has 1 heterocycles. The van der Waals surface area contributed by atoms with E-state index in [1.165, 1.54) is 0 Å². The van der Waals surface area contributed by atoms with Crippen LogP contribution in [0.25, 0.3) is 0 Å². The third kappa shape index (κ3) is 4.85. The van der Waals surface area contributed by atoms with Gasteiger partial charge in [-0.2, -0.15) is 0 Å². The van der Waals surface area contributed by atoms with E-state index in [2.05, 4.69) is 5.32 Å². The summed E-state index contributed by atoms with van der Waals surface area (Å²) in [4.78, 5) is 26.1. The molecule has 5 heteroatoms. The Morgan fingerprint density at radius 1 is 1.08 bits per heavy atom. The molecule has 0 spiro atoms. The number of para-hydroxylation sites is 2. The summed E-state index contributed by atoms with van der Waals surface area (Å²) in [5.74, 6) is 1.13. The SMILES string of the molecule is Cc1ccc(Oc2ccccc2NC(=O)CN2CCCCCC2=O)cc1. The first-order chi connectivity index (χ1) is 12.6. The van der Waals surface area contributed by atoms with Crippen molar-refractivity contribution in [3.05, 3.63) is 54.1 Å². The Balaban J connectivity index is 1.66. The van der Waals surface area contributed by atoms with Crippen molar-refractivity contribution in [3.8, 4) is 11.5 Å². The number of rotatable bonds is 5. The maximum absolute atomic E-state index is 12.4. The lowest BCUT2D eigenvalue weighted by Gasteiger charge is -2.20. The van der Waals surface area contributed by atoms with Crippen LogP contribution in [-0.2, 0) is 9.59 Å². The number of carbonyl (C=O) groups excluding carboxylic acids is 2. The van der Waals surface area contributed by atoms with Gasteiger partial charge < -0.3 is 15.0 Å². The fourth-order valence-corrected chi connectivity index (χ4v) is 2.96. The van der Waals surface area contributed by atoms with Crippen LogP contribution >= 0.6 is 0 Å². The van der Waals surface area contributed by atoms with Crippen molar-refractivity contribution in [1.29, 1.82) is 0 Å². The lowest BCUT2D eigenvalue weighted by molar-refractivity contribution is -0.134. The summed E-state index contributed by atoms with van der Waals surface area (Å²) in [6.07, 6.45) is 3.42. The minimum atomic E-state index is -0.208. The maximum atomic E-state index is 12.4.